The van der Waals surface area contributed by atoms with E-state index >= 15 is 0 Å². The second-order valence-corrected chi connectivity index (χ2v) is 14.9. The highest BCUT2D eigenvalue weighted by Crippen LogP contribution is 2.44. The Morgan fingerprint density at radius 2 is 1.47 bits per heavy atom. The number of amides is 2. The fraction of sp³-hybridized carbons (Fsp3) is 0.432. The number of nitrogens with one attached hydrogen (secondary N) is 2. The number of carbonyl (C=O) groups is 2. The lowest BCUT2D eigenvalue weighted by Crippen LogP contribution is -2.37. The van der Waals surface area contributed by atoms with Crippen molar-refractivity contribution in [1.82, 2.24) is 20.2 Å². The Morgan fingerprint density at radius 1 is 0.836 bits per heavy atom. The molecule has 0 radical (unpaired) electrons. The maximum atomic E-state index is 12.7. The number of nitrogen functional groups attached to an aromatic ring is 1. The number of imidazole rings is 1. The SMILES string of the molecule is CCCCc1nc2c(N)cc3ccccc3c2n1CC(C)(C)CNC(=O)CCOCCOCCOCCNC(=O)OCC1c2ccccc2-c2ccccc21. The molecule has 0 saturated carbocycles. The first-order valence-electron chi connectivity index (χ1n) is 19.5. The highest BCUT2D eigenvalue weighted by molar-refractivity contribution is 6.09. The largest absolute Gasteiger partial charge is 0.449 e. The fourth-order valence-electron chi connectivity index (χ4n) is 7.24. The predicted molar refractivity (Wildman–Crippen MR) is 217 cm³/mol. The molecule has 0 fully saturated rings. The van der Waals surface area contributed by atoms with Crippen LogP contribution >= 0.6 is 0 Å². The highest BCUT2D eigenvalue weighted by atomic mass is 16.6. The molecule has 55 heavy (non-hydrogen) atoms. The number of benzene rings is 4. The van der Waals surface area contributed by atoms with E-state index in [4.69, 9.17) is 29.7 Å². The standard InChI is InChI=1S/C44H55N5O6/c1-4-5-18-39-48-41-38(45)27-31-12-6-7-13-32(31)42(41)49(39)30-44(2,3)29-47-40(50)19-21-52-23-25-54-26-24-53-22-20-46-43(51)55-28-37-35-16-10-8-14-33(35)34-15-9-11-17-36(34)37/h6-17,27,37H,4-5,18-26,28-30,45H2,1-3H3,(H,46,51)(H,47,50). The third kappa shape index (κ3) is 10.2. The average molecular weight is 750 g/mol. The van der Waals surface area contributed by atoms with E-state index in [0.29, 0.717) is 65.0 Å². The van der Waals surface area contributed by atoms with Crippen molar-refractivity contribution in [2.75, 3.05) is 65.1 Å². The summed E-state index contributed by atoms with van der Waals surface area (Å²) in [7, 11) is 0. The zero-order valence-corrected chi connectivity index (χ0v) is 32.4. The van der Waals surface area contributed by atoms with Crippen molar-refractivity contribution in [3.8, 4) is 11.1 Å². The van der Waals surface area contributed by atoms with E-state index < -0.39 is 6.09 Å². The summed E-state index contributed by atoms with van der Waals surface area (Å²) < 4.78 is 24.7. The van der Waals surface area contributed by atoms with Crippen molar-refractivity contribution < 1.29 is 28.5 Å². The van der Waals surface area contributed by atoms with Gasteiger partial charge in [-0.25, -0.2) is 9.78 Å². The van der Waals surface area contributed by atoms with E-state index in [2.05, 4.69) is 78.4 Å². The van der Waals surface area contributed by atoms with Gasteiger partial charge >= 0.3 is 6.09 Å². The van der Waals surface area contributed by atoms with Gasteiger partial charge in [0.25, 0.3) is 0 Å². The Bertz CT molecular complexity index is 2010. The van der Waals surface area contributed by atoms with Gasteiger partial charge in [0.15, 0.2) is 0 Å². The van der Waals surface area contributed by atoms with E-state index in [1.54, 1.807) is 0 Å². The summed E-state index contributed by atoms with van der Waals surface area (Å²) in [4.78, 5) is 30.0. The van der Waals surface area contributed by atoms with E-state index in [1.165, 1.54) is 22.3 Å². The summed E-state index contributed by atoms with van der Waals surface area (Å²) in [6.07, 6.45) is 2.80. The Labute approximate surface area is 323 Å². The quantitative estimate of drug-likeness (QED) is 0.0528. The summed E-state index contributed by atoms with van der Waals surface area (Å²) in [6.45, 7) is 10.6. The lowest BCUT2D eigenvalue weighted by Gasteiger charge is -2.27. The van der Waals surface area contributed by atoms with Gasteiger partial charge in [0.2, 0.25) is 5.91 Å². The van der Waals surface area contributed by atoms with E-state index in [1.807, 2.05) is 36.4 Å². The van der Waals surface area contributed by atoms with Crippen LogP contribution in [0.25, 0.3) is 32.9 Å². The number of unbranched alkanes of at least 4 members (excludes halogenated alkanes) is 1. The number of aromatic nitrogens is 2. The molecule has 292 valence electrons. The molecule has 11 heteroatoms. The van der Waals surface area contributed by atoms with Gasteiger partial charge in [-0.2, -0.15) is 0 Å². The van der Waals surface area contributed by atoms with Gasteiger partial charge in [0, 0.05) is 49.2 Å². The Morgan fingerprint density at radius 3 is 2.18 bits per heavy atom. The number of aryl methyl sites for hydroxylation is 1. The number of rotatable bonds is 21. The molecular weight excluding hydrogens is 695 g/mol. The van der Waals surface area contributed by atoms with Gasteiger partial charge in [0.1, 0.15) is 17.9 Å². The van der Waals surface area contributed by atoms with Gasteiger partial charge in [0.05, 0.1) is 50.8 Å². The summed E-state index contributed by atoms with van der Waals surface area (Å²) in [5, 5.41) is 8.09. The van der Waals surface area contributed by atoms with Crippen molar-refractivity contribution in [3.05, 3.63) is 95.8 Å². The van der Waals surface area contributed by atoms with Crippen LogP contribution in [0.4, 0.5) is 10.5 Å². The van der Waals surface area contributed by atoms with Crippen molar-refractivity contribution in [2.24, 2.45) is 5.41 Å². The topological polar surface area (TPSA) is 139 Å². The minimum absolute atomic E-state index is 0.0255. The van der Waals surface area contributed by atoms with Gasteiger partial charge < -0.3 is 39.9 Å². The van der Waals surface area contributed by atoms with Crippen LogP contribution in [0, 0.1) is 5.41 Å². The molecule has 1 aliphatic rings. The third-order valence-corrected chi connectivity index (χ3v) is 10.0. The molecule has 0 aliphatic heterocycles. The first-order chi connectivity index (χ1) is 26.8. The van der Waals surface area contributed by atoms with E-state index in [0.717, 1.165) is 46.9 Å². The minimum atomic E-state index is -0.462. The first-order valence-corrected chi connectivity index (χ1v) is 19.5. The van der Waals surface area contributed by atoms with Crippen LogP contribution in [0.15, 0.2) is 78.9 Å². The van der Waals surface area contributed by atoms with Crippen LogP contribution in [0.3, 0.4) is 0 Å². The molecule has 6 rings (SSSR count). The maximum absolute atomic E-state index is 12.7. The molecule has 1 aliphatic carbocycles. The molecule has 4 N–H and O–H groups in total. The van der Waals surface area contributed by atoms with Crippen LogP contribution in [0.2, 0.25) is 0 Å². The summed E-state index contributed by atoms with van der Waals surface area (Å²) in [6, 6.07) is 26.8. The van der Waals surface area contributed by atoms with Crippen molar-refractivity contribution in [3.63, 3.8) is 0 Å². The second-order valence-electron chi connectivity index (χ2n) is 14.9. The predicted octanol–water partition coefficient (Wildman–Crippen LogP) is 7.24. The normalized spacial score (nSPS) is 12.6. The monoisotopic (exact) mass is 749 g/mol. The van der Waals surface area contributed by atoms with Crippen LogP contribution in [-0.2, 0) is 36.7 Å². The van der Waals surface area contributed by atoms with E-state index in [9.17, 15) is 9.59 Å². The summed E-state index contributed by atoms with van der Waals surface area (Å²) >= 11 is 0. The minimum Gasteiger partial charge on any atom is -0.449 e. The summed E-state index contributed by atoms with van der Waals surface area (Å²) in [5.74, 6) is 1.01. The number of nitrogens with zero attached hydrogens (tertiary/aromatic N) is 2. The molecule has 0 unspecified atom stereocenters. The Balaban J connectivity index is 0.811. The Kier molecular flexibility index (Phi) is 13.8. The van der Waals surface area contributed by atoms with Gasteiger partial charge in [-0.05, 0) is 40.1 Å². The molecule has 1 heterocycles. The smallest absolute Gasteiger partial charge is 0.407 e. The number of hydrogen-bond acceptors (Lipinski definition) is 8. The number of nitrogens with two attached hydrogens (primary N) is 1. The molecule has 0 spiro atoms. The maximum Gasteiger partial charge on any atom is 0.407 e. The fourth-order valence-corrected chi connectivity index (χ4v) is 7.24. The molecular formula is C44H55N5O6. The first kappa shape index (κ1) is 39.7. The number of anilines is 1. The van der Waals surface area contributed by atoms with Crippen molar-refractivity contribution in [1.29, 1.82) is 0 Å². The van der Waals surface area contributed by atoms with Crippen LogP contribution < -0.4 is 16.4 Å². The number of fused-ring (bicyclic) bond motifs is 6. The zero-order valence-electron chi connectivity index (χ0n) is 32.4. The van der Waals surface area contributed by atoms with Gasteiger partial charge in [-0.15, -0.1) is 0 Å². The number of carbonyl (C=O) groups excluding carboxylic acids is 2. The lowest BCUT2D eigenvalue weighted by molar-refractivity contribution is -0.122. The van der Waals surface area contributed by atoms with Crippen LogP contribution in [-0.4, -0.2) is 80.9 Å². The molecule has 11 nitrogen and oxygen atoms in total. The highest BCUT2D eigenvalue weighted by Gasteiger charge is 2.29. The Hall–Kier alpha value is -4.97. The van der Waals surface area contributed by atoms with Gasteiger partial charge in [-0.3, -0.25) is 4.79 Å². The lowest BCUT2D eigenvalue weighted by atomic mass is 9.92. The second kappa shape index (κ2) is 19.1. The van der Waals surface area contributed by atoms with Crippen LogP contribution in [0.5, 0.6) is 0 Å². The third-order valence-electron chi connectivity index (χ3n) is 10.0. The average Bonchev–Trinajstić information content (AvgIpc) is 3.71. The number of hydrogen-bond donors (Lipinski definition) is 3. The molecule has 5 aromatic rings. The number of alkyl carbamates (subject to hydrolysis) is 1. The number of ether oxygens (including phenoxy) is 4. The molecule has 4 aromatic carbocycles. The van der Waals surface area contributed by atoms with Crippen molar-refractivity contribution >= 4 is 39.5 Å². The molecule has 1 aromatic heterocycles. The van der Waals surface area contributed by atoms with Crippen LogP contribution in [0.1, 0.15) is 62.9 Å². The van der Waals surface area contributed by atoms with Gasteiger partial charge in [-0.1, -0.05) is 100.0 Å². The zero-order chi connectivity index (χ0) is 38.6. The summed E-state index contributed by atoms with van der Waals surface area (Å²) in [5.41, 5.74) is 13.6. The molecule has 0 saturated heterocycles. The molecule has 0 atom stereocenters. The molecule has 2 amide bonds. The molecule has 0 bridgehead atoms. The van der Waals surface area contributed by atoms with E-state index in [-0.39, 0.29) is 30.3 Å². The van der Waals surface area contributed by atoms with Crippen molar-refractivity contribution in [2.45, 2.75) is 58.9 Å².